The average molecular weight is 320 g/mol. The Hall–Kier alpha value is -1.95. The number of para-hydroxylation sites is 1. The number of H-pyrrole nitrogens is 1. The van der Waals surface area contributed by atoms with E-state index in [2.05, 4.69) is 26.0 Å². The lowest BCUT2D eigenvalue weighted by Crippen LogP contribution is -2.27. The van der Waals surface area contributed by atoms with Gasteiger partial charge in [-0.05, 0) is 12.1 Å². The normalized spacial score (nSPS) is 11.2. The van der Waals surface area contributed by atoms with Crippen molar-refractivity contribution in [2.24, 2.45) is 0 Å². The fourth-order valence-electron chi connectivity index (χ4n) is 2.11. The van der Waals surface area contributed by atoms with Crippen molar-refractivity contribution in [2.75, 3.05) is 5.33 Å². The van der Waals surface area contributed by atoms with Crippen molar-refractivity contribution in [2.45, 2.75) is 6.54 Å². The van der Waals surface area contributed by atoms with Gasteiger partial charge >= 0.3 is 0 Å². The van der Waals surface area contributed by atoms with Crippen LogP contribution in [-0.4, -0.2) is 20.1 Å². The molecule has 19 heavy (non-hydrogen) atoms. The van der Waals surface area contributed by atoms with Crippen LogP contribution in [0.5, 0.6) is 0 Å². The predicted octanol–water partition coefficient (Wildman–Crippen LogP) is 1.63. The zero-order chi connectivity index (χ0) is 13.4. The molecule has 0 unspecified atom stereocenters. The maximum atomic E-state index is 12.4. The molecule has 2 aromatic heterocycles. The smallest absolute Gasteiger partial charge is 0.280 e. The highest BCUT2D eigenvalue weighted by Gasteiger charge is 2.10. The Morgan fingerprint density at radius 1 is 1.21 bits per heavy atom. The minimum atomic E-state index is -0.357. The third-order valence-electron chi connectivity index (χ3n) is 3.01. The van der Waals surface area contributed by atoms with Crippen LogP contribution in [0.3, 0.4) is 0 Å². The van der Waals surface area contributed by atoms with Crippen LogP contribution in [0, 0.1) is 0 Å². The van der Waals surface area contributed by atoms with Crippen molar-refractivity contribution >= 4 is 37.7 Å². The van der Waals surface area contributed by atoms with Crippen molar-refractivity contribution in [3.63, 3.8) is 0 Å². The van der Waals surface area contributed by atoms with Gasteiger partial charge in [0.15, 0.2) is 0 Å². The molecule has 0 aliphatic heterocycles. The molecule has 6 heteroatoms. The largest absolute Gasteiger partial charge is 0.353 e. The standard InChI is InChI=1S/C13H10BrN3O2/c14-5-6-17-13(19)11-10(7-15-17)16-9-4-2-1-3-8(9)12(11)18/h1-4,7H,5-6H2,(H,16,18). The number of aromatic amines is 1. The topological polar surface area (TPSA) is 67.8 Å². The van der Waals surface area contributed by atoms with Gasteiger partial charge in [-0.2, -0.15) is 5.10 Å². The van der Waals surface area contributed by atoms with E-state index in [0.29, 0.717) is 28.3 Å². The van der Waals surface area contributed by atoms with Gasteiger partial charge in [-0.1, -0.05) is 28.1 Å². The first kappa shape index (κ1) is 12.1. The lowest BCUT2D eigenvalue weighted by atomic mass is 10.1. The Bertz CT molecular complexity index is 882. The molecule has 1 N–H and O–H groups in total. The second-order valence-electron chi connectivity index (χ2n) is 4.15. The highest BCUT2D eigenvalue weighted by Crippen LogP contribution is 2.10. The molecule has 0 amide bonds. The molecule has 0 aliphatic rings. The molecular formula is C13H10BrN3O2. The van der Waals surface area contributed by atoms with Crippen molar-refractivity contribution < 1.29 is 0 Å². The third kappa shape index (κ3) is 1.88. The van der Waals surface area contributed by atoms with E-state index in [1.54, 1.807) is 18.2 Å². The number of nitrogens with one attached hydrogen (secondary N) is 1. The summed E-state index contributed by atoms with van der Waals surface area (Å²) in [7, 11) is 0. The fourth-order valence-corrected chi connectivity index (χ4v) is 2.45. The SMILES string of the molecule is O=c1c2ccccc2[nH]c2cnn(CCBr)c(=O)c12. The van der Waals surface area contributed by atoms with E-state index in [4.69, 9.17) is 0 Å². The summed E-state index contributed by atoms with van der Waals surface area (Å²) in [4.78, 5) is 27.7. The molecule has 5 nitrogen and oxygen atoms in total. The van der Waals surface area contributed by atoms with Gasteiger partial charge in [-0.3, -0.25) is 9.59 Å². The summed E-state index contributed by atoms with van der Waals surface area (Å²) in [5.74, 6) is 0. The maximum absolute atomic E-state index is 12.4. The minimum Gasteiger partial charge on any atom is -0.353 e. The second kappa shape index (κ2) is 4.62. The molecule has 2 heterocycles. The van der Waals surface area contributed by atoms with E-state index in [1.165, 1.54) is 10.9 Å². The Morgan fingerprint density at radius 3 is 2.79 bits per heavy atom. The summed E-state index contributed by atoms with van der Waals surface area (Å²) < 4.78 is 1.29. The quantitative estimate of drug-likeness (QED) is 0.576. The molecule has 3 rings (SSSR count). The number of alkyl halides is 1. The first-order valence-corrected chi connectivity index (χ1v) is 6.91. The highest BCUT2D eigenvalue weighted by molar-refractivity contribution is 9.09. The van der Waals surface area contributed by atoms with Gasteiger partial charge in [-0.15, -0.1) is 0 Å². The van der Waals surface area contributed by atoms with Crippen LogP contribution in [0.1, 0.15) is 0 Å². The number of halogens is 1. The molecule has 0 aliphatic carbocycles. The Kier molecular flexibility index (Phi) is 2.94. The number of pyridine rings is 1. The van der Waals surface area contributed by atoms with Crippen molar-refractivity contribution in [1.82, 2.24) is 14.8 Å². The number of aryl methyl sites for hydroxylation is 1. The monoisotopic (exact) mass is 319 g/mol. The van der Waals surface area contributed by atoms with E-state index in [-0.39, 0.29) is 16.4 Å². The predicted molar refractivity (Wildman–Crippen MR) is 77.9 cm³/mol. The fraction of sp³-hybridized carbons (Fsp3) is 0.154. The first-order chi connectivity index (χ1) is 9.22. The molecule has 96 valence electrons. The van der Waals surface area contributed by atoms with E-state index in [0.717, 1.165) is 0 Å². The zero-order valence-corrected chi connectivity index (χ0v) is 11.5. The molecule has 1 aromatic carbocycles. The van der Waals surface area contributed by atoms with E-state index in [1.807, 2.05) is 6.07 Å². The number of fused-ring (bicyclic) bond motifs is 2. The molecule has 0 fully saturated rings. The van der Waals surface area contributed by atoms with Gasteiger partial charge in [0.05, 0.1) is 18.3 Å². The van der Waals surface area contributed by atoms with Crippen LogP contribution in [-0.2, 0) is 6.54 Å². The summed E-state index contributed by atoms with van der Waals surface area (Å²) >= 11 is 3.26. The van der Waals surface area contributed by atoms with Gasteiger partial charge in [0, 0.05) is 16.2 Å². The van der Waals surface area contributed by atoms with E-state index in [9.17, 15) is 9.59 Å². The Labute approximate surface area is 116 Å². The van der Waals surface area contributed by atoms with E-state index >= 15 is 0 Å². The second-order valence-corrected chi connectivity index (χ2v) is 4.94. The summed E-state index contributed by atoms with van der Waals surface area (Å²) in [6.07, 6.45) is 1.52. The average Bonchev–Trinajstić information content (AvgIpc) is 2.42. The van der Waals surface area contributed by atoms with Crippen LogP contribution in [0.15, 0.2) is 40.1 Å². The van der Waals surface area contributed by atoms with Crippen LogP contribution in [0.25, 0.3) is 21.8 Å². The first-order valence-electron chi connectivity index (χ1n) is 5.79. The van der Waals surface area contributed by atoms with Crippen LogP contribution >= 0.6 is 15.9 Å². The molecule has 0 saturated carbocycles. The van der Waals surface area contributed by atoms with Gasteiger partial charge in [0.2, 0.25) is 5.43 Å². The maximum Gasteiger partial charge on any atom is 0.280 e. The number of nitrogens with zero attached hydrogens (tertiary/aromatic N) is 2. The molecule has 0 bridgehead atoms. The van der Waals surface area contributed by atoms with Crippen LogP contribution < -0.4 is 11.0 Å². The van der Waals surface area contributed by atoms with Crippen LogP contribution in [0.2, 0.25) is 0 Å². The number of hydrogen-bond acceptors (Lipinski definition) is 3. The molecule has 0 saturated heterocycles. The number of benzene rings is 1. The Balaban J connectivity index is 2.50. The number of aromatic nitrogens is 3. The lowest BCUT2D eigenvalue weighted by Gasteiger charge is -2.05. The number of hydrogen-bond donors (Lipinski definition) is 1. The number of rotatable bonds is 2. The van der Waals surface area contributed by atoms with Gasteiger partial charge in [0.25, 0.3) is 5.56 Å². The molecule has 3 aromatic rings. The third-order valence-corrected chi connectivity index (χ3v) is 3.36. The van der Waals surface area contributed by atoms with Gasteiger partial charge < -0.3 is 4.98 Å². The molecule has 0 spiro atoms. The summed E-state index contributed by atoms with van der Waals surface area (Å²) in [6, 6.07) is 7.13. The van der Waals surface area contributed by atoms with Gasteiger partial charge in [0.1, 0.15) is 5.39 Å². The molecule has 0 radical (unpaired) electrons. The summed E-state index contributed by atoms with van der Waals surface area (Å²) in [5.41, 5.74) is 0.572. The minimum absolute atomic E-state index is 0.162. The molecular weight excluding hydrogens is 310 g/mol. The van der Waals surface area contributed by atoms with Crippen molar-refractivity contribution in [3.8, 4) is 0 Å². The summed E-state index contributed by atoms with van der Waals surface area (Å²) in [6.45, 7) is 0.432. The van der Waals surface area contributed by atoms with Crippen LogP contribution in [0.4, 0.5) is 0 Å². The van der Waals surface area contributed by atoms with Gasteiger partial charge in [-0.25, -0.2) is 4.68 Å². The zero-order valence-electron chi connectivity index (χ0n) is 9.89. The van der Waals surface area contributed by atoms with Crippen molar-refractivity contribution in [3.05, 3.63) is 51.0 Å². The molecule has 0 atom stereocenters. The van der Waals surface area contributed by atoms with Crippen molar-refractivity contribution in [1.29, 1.82) is 0 Å². The summed E-state index contributed by atoms with van der Waals surface area (Å²) in [5, 5.41) is 5.34. The Morgan fingerprint density at radius 2 is 2.00 bits per heavy atom. The lowest BCUT2D eigenvalue weighted by molar-refractivity contribution is 0.630. The highest BCUT2D eigenvalue weighted by atomic mass is 79.9. The van der Waals surface area contributed by atoms with E-state index < -0.39 is 0 Å².